The third-order valence-corrected chi connectivity index (χ3v) is 1.78. The van der Waals surface area contributed by atoms with Crippen LogP contribution in [0.4, 0.5) is 4.39 Å². The van der Waals surface area contributed by atoms with Crippen LogP contribution in [-0.4, -0.2) is 0 Å². The second kappa shape index (κ2) is 3.55. The lowest BCUT2D eigenvalue weighted by molar-refractivity contribution is 0.606. The minimum absolute atomic E-state index is 0.0627. The standard InChI is InChI=1S/C9H7ClFN/c1-6-4-8(10)5-7(2-3-12)9(6)11/h4-5H,2H2,1H3. The lowest BCUT2D eigenvalue weighted by atomic mass is 10.1. The summed E-state index contributed by atoms with van der Waals surface area (Å²) in [6, 6.07) is 4.90. The van der Waals surface area contributed by atoms with Crippen molar-refractivity contribution in [2.45, 2.75) is 13.3 Å². The molecule has 0 amide bonds. The fourth-order valence-corrected chi connectivity index (χ4v) is 1.30. The summed E-state index contributed by atoms with van der Waals surface area (Å²) in [5.41, 5.74) is 0.843. The van der Waals surface area contributed by atoms with Crippen molar-refractivity contribution in [3.63, 3.8) is 0 Å². The van der Waals surface area contributed by atoms with E-state index in [9.17, 15) is 4.39 Å². The molecular formula is C9H7ClFN. The van der Waals surface area contributed by atoms with Crippen LogP contribution < -0.4 is 0 Å². The van der Waals surface area contributed by atoms with Gasteiger partial charge in [0, 0.05) is 10.6 Å². The molecule has 0 unspecified atom stereocenters. The summed E-state index contributed by atoms with van der Waals surface area (Å²) in [6.45, 7) is 1.63. The van der Waals surface area contributed by atoms with Gasteiger partial charge in [0.15, 0.2) is 0 Å². The second-order valence-electron chi connectivity index (χ2n) is 2.53. The molecule has 0 saturated heterocycles. The van der Waals surface area contributed by atoms with Crippen LogP contribution in [0, 0.1) is 24.1 Å². The topological polar surface area (TPSA) is 23.8 Å². The van der Waals surface area contributed by atoms with Gasteiger partial charge in [-0.2, -0.15) is 5.26 Å². The molecule has 0 aromatic heterocycles. The highest BCUT2D eigenvalue weighted by molar-refractivity contribution is 6.30. The van der Waals surface area contributed by atoms with Crippen molar-refractivity contribution in [2.24, 2.45) is 0 Å². The molecular weight excluding hydrogens is 177 g/mol. The van der Waals surface area contributed by atoms with E-state index in [2.05, 4.69) is 0 Å². The van der Waals surface area contributed by atoms with E-state index in [-0.39, 0.29) is 12.2 Å². The van der Waals surface area contributed by atoms with Gasteiger partial charge in [0.05, 0.1) is 12.5 Å². The van der Waals surface area contributed by atoms with Gasteiger partial charge in [-0.3, -0.25) is 0 Å². The van der Waals surface area contributed by atoms with Crippen LogP contribution in [0.25, 0.3) is 0 Å². The van der Waals surface area contributed by atoms with Crippen LogP contribution in [0.5, 0.6) is 0 Å². The average molecular weight is 184 g/mol. The molecule has 0 atom stereocenters. The van der Waals surface area contributed by atoms with Crippen molar-refractivity contribution < 1.29 is 4.39 Å². The Morgan fingerprint density at radius 3 is 2.83 bits per heavy atom. The number of hydrogen-bond donors (Lipinski definition) is 0. The van der Waals surface area contributed by atoms with Crippen molar-refractivity contribution in [3.05, 3.63) is 34.1 Å². The van der Waals surface area contributed by atoms with Crippen LogP contribution in [0.15, 0.2) is 12.1 Å². The molecule has 1 nitrogen and oxygen atoms in total. The average Bonchev–Trinajstić information content (AvgIpc) is 2.00. The quantitative estimate of drug-likeness (QED) is 0.657. The van der Waals surface area contributed by atoms with E-state index < -0.39 is 0 Å². The Bertz CT molecular complexity index is 341. The van der Waals surface area contributed by atoms with Crippen molar-refractivity contribution in [1.82, 2.24) is 0 Å². The summed E-state index contributed by atoms with van der Waals surface area (Å²) in [5, 5.41) is 8.84. The van der Waals surface area contributed by atoms with Crippen LogP contribution >= 0.6 is 11.6 Å². The van der Waals surface area contributed by atoms with Gasteiger partial charge in [0.1, 0.15) is 5.82 Å². The molecule has 1 aromatic carbocycles. The number of hydrogen-bond acceptors (Lipinski definition) is 1. The van der Waals surface area contributed by atoms with Crippen molar-refractivity contribution in [1.29, 1.82) is 5.26 Å². The van der Waals surface area contributed by atoms with Gasteiger partial charge in [-0.25, -0.2) is 4.39 Å². The monoisotopic (exact) mass is 183 g/mol. The summed E-state index contributed by atoms with van der Waals surface area (Å²) in [6.07, 6.45) is 0.0627. The number of benzene rings is 1. The lowest BCUT2D eigenvalue weighted by Crippen LogP contribution is -1.92. The van der Waals surface area contributed by atoms with Gasteiger partial charge in [-0.1, -0.05) is 11.6 Å². The molecule has 3 heteroatoms. The Balaban J connectivity index is 3.20. The smallest absolute Gasteiger partial charge is 0.130 e. The zero-order valence-electron chi connectivity index (χ0n) is 6.56. The normalized spacial score (nSPS) is 9.50. The first-order valence-corrected chi connectivity index (χ1v) is 3.84. The third kappa shape index (κ3) is 1.75. The number of rotatable bonds is 1. The minimum Gasteiger partial charge on any atom is -0.206 e. The molecule has 0 aliphatic heterocycles. The third-order valence-electron chi connectivity index (χ3n) is 1.56. The van der Waals surface area contributed by atoms with Gasteiger partial charge >= 0.3 is 0 Å². The molecule has 0 saturated carbocycles. The SMILES string of the molecule is Cc1cc(Cl)cc(CC#N)c1F. The molecule has 0 fully saturated rings. The zero-order chi connectivity index (χ0) is 9.14. The largest absolute Gasteiger partial charge is 0.206 e. The van der Waals surface area contributed by atoms with Crippen LogP contribution in [-0.2, 0) is 6.42 Å². The van der Waals surface area contributed by atoms with E-state index in [1.165, 1.54) is 12.1 Å². The summed E-state index contributed by atoms with van der Waals surface area (Å²) < 4.78 is 13.2. The first-order valence-electron chi connectivity index (χ1n) is 3.46. The molecule has 0 spiro atoms. The number of halogens is 2. The van der Waals surface area contributed by atoms with Gasteiger partial charge in [0.2, 0.25) is 0 Å². The highest BCUT2D eigenvalue weighted by atomic mass is 35.5. The summed E-state index contributed by atoms with van der Waals surface area (Å²) in [5.74, 6) is -0.332. The maximum atomic E-state index is 13.2. The van der Waals surface area contributed by atoms with E-state index in [4.69, 9.17) is 16.9 Å². The molecule has 0 aliphatic rings. The fraction of sp³-hybridized carbons (Fsp3) is 0.222. The van der Waals surface area contributed by atoms with Crippen LogP contribution in [0.2, 0.25) is 5.02 Å². The maximum absolute atomic E-state index is 13.2. The molecule has 1 rings (SSSR count). The van der Waals surface area contributed by atoms with Crippen molar-refractivity contribution >= 4 is 11.6 Å². The van der Waals surface area contributed by atoms with Crippen molar-refractivity contribution in [3.8, 4) is 6.07 Å². The number of nitriles is 1. The molecule has 0 N–H and O–H groups in total. The molecule has 0 bridgehead atoms. The number of aryl methyl sites for hydroxylation is 1. The fourth-order valence-electron chi connectivity index (χ4n) is 1.01. The molecule has 0 aliphatic carbocycles. The zero-order valence-corrected chi connectivity index (χ0v) is 7.32. The Kier molecular flexibility index (Phi) is 2.67. The summed E-state index contributed by atoms with van der Waals surface area (Å²) in [7, 11) is 0. The lowest BCUT2D eigenvalue weighted by Gasteiger charge is -2.02. The molecule has 1 aromatic rings. The predicted molar refractivity (Wildman–Crippen MR) is 45.5 cm³/mol. The van der Waals surface area contributed by atoms with Gasteiger partial charge in [0.25, 0.3) is 0 Å². The Hall–Kier alpha value is -1.07. The Morgan fingerprint density at radius 2 is 2.25 bits per heavy atom. The maximum Gasteiger partial charge on any atom is 0.130 e. The predicted octanol–water partition coefficient (Wildman–Crippen LogP) is 2.85. The second-order valence-corrected chi connectivity index (χ2v) is 2.97. The van der Waals surface area contributed by atoms with Crippen LogP contribution in [0.1, 0.15) is 11.1 Å². The molecule has 12 heavy (non-hydrogen) atoms. The molecule has 62 valence electrons. The molecule has 0 heterocycles. The Morgan fingerprint density at radius 1 is 1.58 bits per heavy atom. The Labute approximate surface area is 75.4 Å². The van der Waals surface area contributed by atoms with E-state index >= 15 is 0 Å². The minimum atomic E-state index is -0.332. The first kappa shape index (κ1) is 9.02. The van der Waals surface area contributed by atoms with Crippen LogP contribution in [0.3, 0.4) is 0 Å². The summed E-state index contributed by atoms with van der Waals surface area (Å²) >= 11 is 5.68. The number of nitrogens with zero attached hydrogens (tertiary/aromatic N) is 1. The molecule has 0 radical (unpaired) electrons. The van der Waals surface area contributed by atoms with E-state index in [0.29, 0.717) is 16.1 Å². The van der Waals surface area contributed by atoms with E-state index in [1.54, 1.807) is 6.92 Å². The summed E-state index contributed by atoms with van der Waals surface area (Å²) in [4.78, 5) is 0. The first-order chi connectivity index (χ1) is 5.65. The highest BCUT2D eigenvalue weighted by Crippen LogP contribution is 2.19. The van der Waals surface area contributed by atoms with E-state index in [1.807, 2.05) is 6.07 Å². The highest BCUT2D eigenvalue weighted by Gasteiger charge is 2.05. The van der Waals surface area contributed by atoms with E-state index in [0.717, 1.165) is 0 Å². The van der Waals surface area contributed by atoms with Crippen molar-refractivity contribution in [2.75, 3.05) is 0 Å². The van der Waals surface area contributed by atoms with Gasteiger partial charge in [-0.15, -0.1) is 0 Å². The van der Waals surface area contributed by atoms with Gasteiger partial charge < -0.3 is 0 Å². The van der Waals surface area contributed by atoms with Gasteiger partial charge in [-0.05, 0) is 24.6 Å².